The molecule has 2 aromatic rings. The molecule has 0 aromatic heterocycles. The summed E-state index contributed by atoms with van der Waals surface area (Å²) in [5.41, 5.74) is 3.67. The molecule has 49 heavy (non-hydrogen) atoms. The van der Waals surface area contributed by atoms with E-state index in [1.165, 1.54) is 39.2 Å². The summed E-state index contributed by atoms with van der Waals surface area (Å²) in [5.74, 6) is 1.03. The molecular weight excluding hydrogens is 652 g/mol. The first-order chi connectivity index (χ1) is 23.2. The third-order valence-corrected chi connectivity index (χ3v) is 13.8. The molecule has 2 aromatic carbocycles. The number of anilines is 2. The van der Waals surface area contributed by atoms with Crippen LogP contribution >= 0.6 is 23.4 Å². The average Bonchev–Trinajstić information content (AvgIpc) is 3.34. The van der Waals surface area contributed by atoms with E-state index in [1.807, 2.05) is 23.9 Å². The minimum absolute atomic E-state index is 0.0160. The molecule has 1 heterocycles. The molecule has 8 heteroatoms. The number of para-hydroxylation sites is 1. The van der Waals surface area contributed by atoms with Gasteiger partial charge in [0.15, 0.2) is 17.2 Å². The van der Waals surface area contributed by atoms with Crippen molar-refractivity contribution >= 4 is 52.3 Å². The predicted octanol–water partition coefficient (Wildman–Crippen LogP) is 9.47. The topological polar surface area (TPSA) is 66.9 Å². The molecule has 0 saturated heterocycles. The van der Waals surface area contributed by atoms with Gasteiger partial charge in [-0.25, -0.2) is 0 Å². The van der Waals surface area contributed by atoms with Crippen molar-refractivity contribution in [2.45, 2.75) is 95.0 Å². The maximum atomic E-state index is 12.8. The molecule has 6 atom stereocenters. The largest absolute Gasteiger partial charge is 0.451 e. The van der Waals surface area contributed by atoms with E-state index in [-0.39, 0.29) is 28.4 Å². The monoisotopic (exact) mass is 702 g/mol. The van der Waals surface area contributed by atoms with Crippen LogP contribution in [0, 0.1) is 28.6 Å². The third-order valence-electron chi connectivity index (χ3n) is 12.4. The zero-order valence-corrected chi connectivity index (χ0v) is 31.7. The van der Waals surface area contributed by atoms with Gasteiger partial charge in [-0.05, 0) is 138 Å². The molecule has 0 radical (unpaired) electrons. The molecule has 262 valence electrons. The highest BCUT2D eigenvalue weighted by atomic mass is 35.5. The molecule has 6 nitrogen and oxygen atoms in total. The Morgan fingerprint density at radius 1 is 1.00 bits per heavy atom. The van der Waals surface area contributed by atoms with Crippen molar-refractivity contribution in [1.29, 1.82) is 0 Å². The second-order valence-corrected chi connectivity index (χ2v) is 17.1. The Labute approximate surface area is 301 Å². The Balaban J connectivity index is 0.000000177. The summed E-state index contributed by atoms with van der Waals surface area (Å²) < 4.78 is 5.82. The Hall–Kier alpha value is -2.87. The number of Topliss-reactive ketones (excluding diaryl/α,β-unsaturated/α-hetero) is 1. The number of nitrogens with zero attached hydrogens (tertiary/aromatic N) is 2. The molecule has 0 amide bonds. The number of halogens is 1. The molecule has 7 rings (SSSR count). The van der Waals surface area contributed by atoms with Crippen LogP contribution in [-0.4, -0.2) is 55.2 Å². The zero-order chi connectivity index (χ0) is 35.3. The van der Waals surface area contributed by atoms with Crippen molar-refractivity contribution < 1.29 is 19.1 Å². The maximum absolute atomic E-state index is 12.8. The van der Waals surface area contributed by atoms with E-state index >= 15 is 0 Å². The fourth-order valence-corrected chi connectivity index (χ4v) is 11.3. The first kappa shape index (κ1) is 35.9. The lowest BCUT2D eigenvalue weighted by atomic mass is 9.47. The molecule has 2 saturated carbocycles. The van der Waals surface area contributed by atoms with Crippen molar-refractivity contribution in [1.82, 2.24) is 4.90 Å². The number of ether oxygens (including phenoxy) is 1. The van der Waals surface area contributed by atoms with Crippen molar-refractivity contribution in [2.24, 2.45) is 28.6 Å². The third kappa shape index (κ3) is 6.33. The number of benzene rings is 2. The van der Waals surface area contributed by atoms with Gasteiger partial charge < -0.3 is 14.5 Å². The van der Waals surface area contributed by atoms with Crippen LogP contribution < -0.4 is 4.90 Å². The highest BCUT2D eigenvalue weighted by Gasteiger charge is 2.67. The highest BCUT2D eigenvalue weighted by molar-refractivity contribution is 7.99. The Kier molecular flexibility index (Phi) is 10.0. The number of fused-ring (bicyclic) bond motifs is 7. The van der Waals surface area contributed by atoms with Gasteiger partial charge >= 0.3 is 5.97 Å². The quantitative estimate of drug-likeness (QED) is 0.278. The lowest BCUT2D eigenvalue weighted by molar-refractivity contribution is -0.185. The Morgan fingerprint density at radius 3 is 2.43 bits per heavy atom. The van der Waals surface area contributed by atoms with Crippen LogP contribution in [-0.2, 0) is 19.1 Å². The first-order valence-electron chi connectivity index (χ1n) is 17.8. The molecular formula is C41H51ClN2O4S. The van der Waals surface area contributed by atoms with Gasteiger partial charge in [-0.1, -0.05) is 61.0 Å². The summed E-state index contributed by atoms with van der Waals surface area (Å²) in [6.07, 6.45) is 10.3. The molecule has 4 aliphatic carbocycles. The van der Waals surface area contributed by atoms with E-state index < -0.39 is 5.60 Å². The Morgan fingerprint density at radius 2 is 1.71 bits per heavy atom. The van der Waals surface area contributed by atoms with Crippen LogP contribution in [0.1, 0.15) is 79.6 Å². The highest BCUT2D eigenvalue weighted by Crippen LogP contribution is 2.68. The lowest BCUT2D eigenvalue weighted by Gasteiger charge is -2.58. The molecule has 5 aliphatic rings. The molecule has 2 fully saturated rings. The molecule has 6 unspecified atom stereocenters. The number of rotatable bonds is 6. The van der Waals surface area contributed by atoms with E-state index in [0.717, 1.165) is 50.2 Å². The van der Waals surface area contributed by atoms with Crippen LogP contribution in [0.3, 0.4) is 0 Å². The van der Waals surface area contributed by atoms with Crippen LogP contribution in [0.4, 0.5) is 11.4 Å². The summed E-state index contributed by atoms with van der Waals surface area (Å²) >= 11 is 8.03. The van der Waals surface area contributed by atoms with Crippen LogP contribution in [0.2, 0.25) is 5.02 Å². The lowest BCUT2D eigenvalue weighted by Crippen LogP contribution is -2.58. The number of esters is 1. The van der Waals surface area contributed by atoms with Gasteiger partial charge in [-0.15, -0.1) is 0 Å². The second kappa shape index (κ2) is 13.7. The smallest absolute Gasteiger partial charge is 0.303 e. The maximum Gasteiger partial charge on any atom is 0.303 e. The van der Waals surface area contributed by atoms with E-state index in [1.54, 1.807) is 6.92 Å². The summed E-state index contributed by atoms with van der Waals surface area (Å²) in [5, 5.41) is 0.798. The van der Waals surface area contributed by atoms with E-state index in [2.05, 4.69) is 87.1 Å². The van der Waals surface area contributed by atoms with Crippen molar-refractivity contribution in [3.8, 4) is 0 Å². The summed E-state index contributed by atoms with van der Waals surface area (Å²) in [4.78, 5) is 44.0. The number of carbonyl (C=O) groups is 3. The van der Waals surface area contributed by atoms with Gasteiger partial charge in [0.05, 0.1) is 11.4 Å². The van der Waals surface area contributed by atoms with E-state index in [4.69, 9.17) is 16.3 Å². The minimum atomic E-state index is -0.990. The van der Waals surface area contributed by atoms with Gasteiger partial charge in [-0.2, -0.15) is 0 Å². The summed E-state index contributed by atoms with van der Waals surface area (Å²) in [6.45, 7) is 11.7. The van der Waals surface area contributed by atoms with E-state index in [9.17, 15) is 14.4 Å². The van der Waals surface area contributed by atoms with Gasteiger partial charge in [-0.3, -0.25) is 14.4 Å². The number of ketones is 2. The summed E-state index contributed by atoms with van der Waals surface area (Å²) in [6, 6.07) is 14.8. The fraction of sp³-hybridized carbons (Fsp3) is 0.537. The minimum Gasteiger partial charge on any atom is -0.451 e. The molecule has 1 aliphatic heterocycles. The summed E-state index contributed by atoms with van der Waals surface area (Å²) in [7, 11) is 4.23. The number of allylic oxidation sites excluding steroid dienone is 4. The average molecular weight is 703 g/mol. The number of hydrogen-bond acceptors (Lipinski definition) is 7. The Bertz CT molecular complexity index is 1720. The van der Waals surface area contributed by atoms with Crippen LogP contribution in [0.15, 0.2) is 75.6 Å². The molecule has 0 N–H and O–H groups in total. The van der Waals surface area contributed by atoms with Crippen molar-refractivity contribution in [3.05, 3.63) is 70.8 Å². The SMILES string of the molecule is CC(=O)OC1(C(C)=O)CCC2C3C=C(C)C4=CC(=O)CCC4(C)C3CCC21C.CN(C)CCCN1c2ccccc2Sc2ccc(Cl)cc21. The van der Waals surface area contributed by atoms with E-state index in [0.29, 0.717) is 30.6 Å². The first-order valence-corrected chi connectivity index (χ1v) is 19.0. The second-order valence-electron chi connectivity index (χ2n) is 15.5. The normalized spacial score (nSPS) is 31.2. The molecule has 0 bridgehead atoms. The van der Waals surface area contributed by atoms with Gasteiger partial charge in [0.25, 0.3) is 0 Å². The number of carbonyl (C=O) groups excluding carboxylic acids is 3. The zero-order valence-electron chi connectivity index (χ0n) is 30.1. The van der Waals surface area contributed by atoms with Gasteiger partial charge in [0, 0.05) is 40.1 Å². The van der Waals surface area contributed by atoms with Gasteiger partial charge in [0.2, 0.25) is 0 Å². The fourth-order valence-electron chi connectivity index (χ4n) is 10.1. The van der Waals surface area contributed by atoms with Crippen LogP contribution in [0.25, 0.3) is 0 Å². The standard InChI is InChI=1S/C24H32O4.C17H19ClN2S/c1-14-12-18-19(22(4)9-6-17(27)13-21(14)22)7-10-23(5)20(18)8-11-24(23,15(2)25)28-16(3)26;1-19(2)10-5-11-20-14-6-3-4-7-16(14)21-17-9-8-13(18)12-15(17)20/h12-13,18-20H,6-11H2,1-5H3;3-4,6-9,12H,5,10-11H2,1-2H3. The van der Waals surface area contributed by atoms with Crippen molar-refractivity contribution in [3.63, 3.8) is 0 Å². The van der Waals surface area contributed by atoms with Crippen LogP contribution in [0.5, 0.6) is 0 Å². The van der Waals surface area contributed by atoms with Crippen molar-refractivity contribution in [2.75, 3.05) is 32.1 Å². The number of hydrogen-bond donors (Lipinski definition) is 0. The predicted molar refractivity (Wildman–Crippen MR) is 199 cm³/mol. The molecule has 0 spiro atoms. The van der Waals surface area contributed by atoms with Gasteiger partial charge in [0.1, 0.15) is 0 Å².